The van der Waals surface area contributed by atoms with Gasteiger partial charge >= 0.3 is 0 Å². The molecule has 0 atom stereocenters. The Morgan fingerprint density at radius 3 is 1.59 bits per heavy atom. The summed E-state index contributed by atoms with van der Waals surface area (Å²) in [5.41, 5.74) is 16.0. The molecule has 13 heteroatoms. The van der Waals surface area contributed by atoms with Gasteiger partial charge in [-0.2, -0.15) is 0 Å². The van der Waals surface area contributed by atoms with Crippen LogP contribution in [0.1, 0.15) is 0 Å². The van der Waals surface area contributed by atoms with Crippen molar-refractivity contribution in [1.82, 2.24) is 47.8 Å². The number of hydrogen-bond acceptors (Lipinski definition) is 7. The molecule has 392 valence electrons. The molecule has 18 aromatic rings. The lowest BCUT2D eigenvalue weighted by Crippen LogP contribution is -1.99. The lowest BCUT2D eigenvalue weighted by atomic mass is 10.1. The molecule has 12 nitrogen and oxygen atoms in total. The van der Waals surface area contributed by atoms with Gasteiger partial charge in [0.2, 0.25) is 0 Å². The van der Waals surface area contributed by atoms with E-state index in [-0.39, 0.29) is 5.43 Å². The highest BCUT2D eigenvalue weighted by Gasteiger charge is 2.19. The highest BCUT2D eigenvalue weighted by Crippen LogP contribution is 2.38. The van der Waals surface area contributed by atoms with Crippen molar-refractivity contribution in [2.45, 2.75) is 0 Å². The van der Waals surface area contributed by atoms with Gasteiger partial charge in [-0.05, 0) is 152 Å². The Morgan fingerprint density at radius 2 is 0.904 bits per heavy atom. The number of fused-ring (bicyclic) bond motifs is 22. The zero-order valence-electron chi connectivity index (χ0n) is 44.0. The van der Waals surface area contributed by atoms with Crippen molar-refractivity contribution in [2.24, 2.45) is 0 Å². The number of pyridine rings is 6. The van der Waals surface area contributed by atoms with Gasteiger partial charge in [0.15, 0.2) is 5.43 Å². The molecule has 0 fully saturated rings. The van der Waals surface area contributed by atoms with Gasteiger partial charge in [-0.1, -0.05) is 88.7 Å². The van der Waals surface area contributed by atoms with Crippen LogP contribution in [0.2, 0.25) is 0 Å². The van der Waals surface area contributed by atoms with Crippen LogP contribution < -0.4 is 10.2 Å². The predicted molar refractivity (Wildman–Crippen MR) is 339 cm³/mol. The second-order valence-corrected chi connectivity index (χ2v) is 21.2. The third-order valence-corrected chi connectivity index (χ3v) is 16.0. The molecule has 0 unspecified atom stereocenters. The lowest BCUT2D eigenvalue weighted by molar-refractivity contribution is 0.483. The van der Waals surface area contributed by atoms with E-state index in [2.05, 4.69) is 165 Å². The number of para-hydroxylation sites is 6. The Hall–Kier alpha value is -11.0. The number of ether oxygens (including phenoxy) is 1. The monoisotopic (exact) mass is 1130 g/mol. The summed E-state index contributed by atoms with van der Waals surface area (Å²) in [6.07, 6.45) is 7.42. The van der Waals surface area contributed by atoms with Crippen molar-refractivity contribution in [1.29, 1.82) is 0 Å². The molecule has 0 amide bonds. The second-order valence-electron chi connectivity index (χ2n) is 20.3. The number of H-pyrrole nitrogens is 1. The largest absolute Gasteiger partial charge is 0.457 e. The molecule has 0 saturated carbocycles. The molecule has 18 rings (SSSR count). The topological polar surface area (TPSA) is 125 Å². The Morgan fingerprint density at radius 1 is 0.373 bits per heavy atom. The summed E-state index contributed by atoms with van der Waals surface area (Å²) in [5.74, 6) is 1.48. The zero-order valence-corrected chi connectivity index (χ0v) is 45.6. The van der Waals surface area contributed by atoms with E-state index in [9.17, 15) is 4.79 Å². The molecule has 0 aliphatic rings. The summed E-state index contributed by atoms with van der Waals surface area (Å²) in [6.45, 7) is 0. The van der Waals surface area contributed by atoms with Crippen molar-refractivity contribution in [3.8, 4) is 22.9 Å². The van der Waals surface area contributed by atoms with Crippen LogP contribution in [0.15, 0.2) is 265 Å². The first-order chi connectivity index (χ1) is 41.0. The number of rotatable bonds is 4. The minimum atomic E-state index is -0.00302. The Bertz CT molecular complexity index is 5590. The fraction of sp³-hybridized carbons (Fsp3) is 0. The maximum atomic E-state index is 11.8. The average molecular weight is 1140 g/mol. The molecule has 0 aliphatic heterocycles. The van der Waals surface area contributed by atoms with Crippen LogP contribution in [0.5, 0.6) is 11.5 Å². The van der Waals surface area contributed by atoms with Gasteiger partial charge in [0.25, 0.3) is 0 Å². The summed E-state index contributed by atoms with van der Waals surface area (Å²) in [6, 6.07) is 77.1. The first-order valence-electron chi connectivity index (χ1n) is 27.1. The number of imidazole rings is 2. The number of nitrogens with one attached hydrogen (secondary N) is 1. The Balaban J connectivity index is 0.000000113. The van der Waals surface area contributed by atoms with Crippen molar-refractivity contribution in [2.75, 3.05) is 0 Å². The van der Waals surface area contributed by atoms with Crippen LogP contribution in [-0.2, 0) is 0 Å². The molecule has 10 aromatic heterocycles. The summed E-state index contributed by atoms with van der Waals surface area (Å²) < 4.78 is 16.3. The van der Waals surface area contributed by atoms with Crippen LogP contribution in [0, 0.1) is 0 Å². The zero-order chi connectivity index (χ0) is 55.1. The van der Waals surface area contributed by atoms with Crippen LogP contribution in [0.3, 0.4) is 0 Å². The minimum Gasteiger partial charge on any atom is -0.457 e. The number of aromatic amines is 1. The maximum absolute atomic E-state index is 11.8. The molecule has 1 N–H and O–H groups in total. The number of nitrogens with zero attached hydrogens (tertiary/aromatic N) is 9. The van der Waals surface area contributed by atoms with Gasteiger partial charge < -0.3 is 9.72 Å². The first-order valence-corrected chi connectivity index (χ1v) is 27.9. The van der Waals surface area contributed by atoms with Gasteiger partial charge in [-0.15, -0.1) is 0 Å². The van der Waals surface area contributed by atoms with Gasteiger partial charge in [-0.3, -0.25) is 27.7 Å². The first kappa shape index (κ1) is 47.9. The standard InChI is InChI=1S/C35H21N5O.C18H11N3O.C17H11BrN2/c1-3-13-30-25(10-1)27-11-6-19-37-34(27)39(30)22-8-5-9-23(20-22)41-24-16-17-26-28(21-24)35-38-29-12-2-4-14-31(29)40(35)32-15-7-18-36-33(26)32;22-11-7-8-12-13(10-11)18-20-14-4-1-2-5-15(14)21(18)16-6-3-9-19-17(12)16;18-12-5-3-6-13(11-12)20-16-9-2-1-7-14(16)15-8-4-10-19-17(15)20/h1-21H;1-10,19H;1-11H. The van der Waals surface area contributed by atoms with E-state index in [1.807, 2.05) is 122 Å². The molecular formula is C70H43BrN10O2. The van der Waals surface area contributed by atoms with Crippen LogP contribution in [0.25, 0.3) is 132 Å². The summed E-state index contributed by atoms with van der Waals surface area (Å²) in [4.78, 5) is 38.9. The third kappa shape index (κ3) is 7.88. The minimum absolute atomic E-state index is 0.00302. The van der Waals surface area contributed by atoms with Crippen LogP contribution >= 0.6 is 15.9 Å². The van der Waals surface area contributed by atoms with E-state index in [0.29, 0.717) is 0 Å². The molecule has 8 aromatic carbocycles. The van der Waals surface area contributed by atoms with E-state index in [0.717, 1.165) is 127 Å². The maximum Gasteiger partial charge on any atom is 0.179 e. The smallest absolute Gasteiger partial charge is 0.179 e. The molecule has 83 heavy (non-hydrogen) atoms. The van der Waals surface area contributed by atoms with Gasteiger partial charge in [0, 0.05) is 84.1 Å². The van der Waals surface area contributed by atoms with E-state index in [4.69, 9.17) is 24.7 Å². The molecule has 0 spiro atoms. The molecular weight excluding hydrogens is 1090 g/mol. The van der Waals surface area contributed by atoms with E-state index in [1.54, 1.807) is 12.1 Å². The second kappa shape index (κ2) is 19.4. The quantitative estimate of drug-likeness (QED) is 0.174. The molecule has 0 radical (unpaired) electrons. The predicted octanol–water partition coefficient (Wildman–Crippen LogP) is 16.9. The van der Waals surface area contributed by atoms with E-state index < -0.39 is 0 Å². The third-order valence-electron chi connectivity index (χ3n) is 15.5. The average Bonchev–Trinajstić information content (AvgIpc) is 4.45. The Labute approximate surface area is 479 Å². The van der Waals surface area contributed by atoms with Crippen LogP contribution in [0.4, 0.5) is 0 Å². The number of hydrogen-bond donors (Lipinski definition) is 1. The number of aromatic nitrogens is 10. The number of halogens is 1. The molecule has 0 aliphatic carbocycles. The van der Waals surface area contributed by atoms with Crippen molar-refractivity contribution >= 4 is 137 Å². The molecule has 0 saturated heterocycles. The van der Waals surface area contributed by atoms with Gasteiger partial charge in [0.05, 0.1) is 60.9 Å². The lowest BCUT2D eigenvalue weighted by Gasteiger charge is -2.12. The Kier molecular flexibility index (Phi) is 11.2. The summed E-state index contributed by atoms with van der Waals surface area (Å²) >= 11 is 3.54. The van der Waals surface area contributed by atoms with Crippen molar-refractivity contribution in [3.63, 3.8) is 0 Å². The normalized spacial score (nSPS) is 11.7. The van der Waals surface area contributed by atoms with Crippen molar-refractivity contribution < 1.29 is 4.74 Å². The fourth-order valence-corrected chi connectivity index (χ4v) is 12.4. The highest BCUT2D eigenvalue weighted by molar-refractivity contribution is 9.10. The van der Waals surface area contributed by atoms with Gasteiger partial charge in [-0.25, -0.2) is 19.9 Å². The summed E-state index contributed by atoms with van der Waals surface area (Å²) in [5, 5.41) is 8.64. The van der Waals surface area contributed by atoms with E-state index >= 15 is 0 Å². The van der Waals surface area contributed by atoms with Gasteiger partial charge in [0.1, 0.15) is 34.1 Å². The summed E-state index contributed by atoms with van der Waals surface area (Å²) in [7, 11) is 0. The SMILES string of the molecule is Brc1cccc(-n2c3ccccc3c3cccnc32)c1.O=c1ccc2c(c1)c1nc3ccccc3n1c1ccc[nH]c21.c1cc(Oc2ccc3c(c2)c2nc4ccccc4n2c2cccnc32)cc(-n2c3ccccc3c3cccnc32)c1. The molecule has 0 bridgehead atoms. The highest BCUT2D eigenvalue weighted by atomic mass is 79.9. The molecule has 10 heterocycles. The van der Waals surface area contributed by atoms with E-state index in [1.165, 1.54) is 21.7 Å². The van der Waals surface area contributed by atoms with Crippen molar-refractivity contribution in [3.05, 3.63) is 270 Å². The fourth-order valence-electron chi connectivity index (χ4n) is 12.0. The van der Waals surface area contributed by atoms with Crippen LogP contribution in [-0.4, -0.2) is 47.8 Å². The number of benzene rings is 8.